The number of aromatic nitrogens is 1. The average molecular weight is 236 g/mol. The van der Waals surface area contributed by atoms with Gasteiger partial charge in [-0.15, -0.1) is 0 Å². The van der Waals surface area contributed by atoms with Crippen LogP contribution in [-0.2, 0) is 16.1 Å². The molecule has 1 amide bonds. The van der Waals surface area contributed by atoms with Gasteiger partial charge in [0.05, 0.1) is 18.9 Å². The number of amides is 1. The lowest BCUT2D eigenvalue weighted by Gasteiger charge is -2.06. The molecule has 0 aliphatic carbocycles. The van der Waals surface area contributed by atoms with Gasteiger partial charge in [0, 0.05) is 6.20 Å². The van der Waals surface area contributed by atoms with E-state index in [0.717, 1.165) is 0 Å². The van der Waals surface area contributed by atoms with Gasteiger partial charge in [-0.05, 0) is 6.07 Å². The number of nitrogen functional groups attached to an aromatic ring is 1. The molecule has 0 bridgehead atoms. The predicted octanol–water partition coefficient (Wildman–Crippen LogP) is -0.503. The van der Waals surface area contributed by atoms with Crippen LogP contribution in [0, 0.1) is 11.3 Å². The van der Waals surface area contributed by atoms with E-state index in [-0.39, 0.29) is 24.7 Å². The Hall–Kier alpha value is -2.49. The van der Waals surface area contributed by atoms with E-state index < -0.39 is 5.97 Å². The fraction of sp³-hybridized carbons (Fsp3) is 0.300. The molecule has 7 heteroatoms. The molecule has 0 radical (unpaired) electrons. The van der Waals surface area contributed by atoms with Gasteiger partial charge in [-0.1, -0.05) is 0 Å². The van der Waals surface area contributed by atoms with E-state index in [0.29, 0.717) is 5.69 Å². The molecule has 1 aromatic heterocycles. The number of nitrogens with zero attached hydrogens (tertiary/aromatic N) is 2. The van der Waals surface area contributed by atoms with Crippen molar-refractivity contribution in [2.24, 2.45) is 0 Å². The number of nitriles is 1. The Labute approximate surface area is 97.8 Å². The summed E-state index contributed by atoms with van der Waals surface area (Å²) in [4.78, 5) is 22.7. The summed E-state index contributed by atoms with van der Waals surface area (Å²) in [5.41, 5.74) is 6.09. The number of hydrogen-bond acceptors (Lipinski definition) is 5. The molecule has 0 fully saturated rings. The van der Waals surface area contributed by atoms with Crippen molar-refractivity contribution in [2.75, 3.05) is 19.4 Å². The Kier molecular flexibility index (Phi) is 4.11. The first-order valence-electron chi connectivity index (χ1n) is 4.76. The van der Waals surface area contributed by atoms with E-state index in [1.54, 1.807) is 6.07 Å². The monoisotopic (exact) mass is 236 g/mol. The summed E-state index contributed by atoms with van der Waals surface area (Å²) in [6.45, 7) is -0.174. The third-order valence-electron chi connectivity index (χ3n) is 1.99. The number of carbonyl (C=O) groups excluding carboxylic acids is 2. The maximum atomic E-state index is 11.4. The number of carbonyl (C=O) groups is 2. The second-order valence-electron chi connectivity index (χ2n) is 3.21. The standard InChI is InChI=1S/C10H12N4O3/c1-17-10(16)8-4-7(12)5-14(8)6-9(15)13-3-2-11/h4-5H,3,6,12H2,1H3,(H,13,15). The van der Waals surface area contributed by atoms with Crippen LogP contribution in [0.5, 0.6) is 0 Å². The molecule has 0 saturated heterocycles. The second kappa shape index (κ2) is 5.55. The molecule has 3 N–H and O–H groups in total. The first kappa shape index (κ1) is 12.6. The van der Waals surface area contributed by atoms with Gasteiger partial charge < -0.3 is 20.4 Å². The maximum Gasteiger partial charge on any atom is 0.354 e. The largest absolute Gasteiger partial charge is 0.464 e. The van der Waals surface area contributed by atoms with Gasteiger partial charge in [0.15, 0.2) is 0 Å². The summed E-state index contributed by atoms with van der Waals surface area (Å²) in [6.07, 6.45) is 1.46. The van der Waals surface area contributed by atoms with Gasteiger partial charge in [0.2, 0.25) is 5.91 Å². The van der Waals surface area contributed by atoms with Crippen LogP contribution >= 0.6 is 0 Å². The van der Waals surface area contributed by atoms with Crippen LogP contribution < -0.4 is 11.1 Å². The summed E-state index contributed by atoms with van der Waals surface area (Å²) in [7, 11) is 1.24. The lowest BCUT2D eigenvalue weighted by atomic mass is 10.4. The van der Waals surface area contributed by atoms with E-state index in [9.17, 15) is 9.59 Å². The molecule has 7 nitrogen and oxygen atoms in total. The average Bonchev–Trinajstić information content (AvgIpc) is 2.66. The fourth-order valence-electron chi connectivity index (χ4n) is 1.29. The van der Waals surface area contributed by atoms with Crippen LogP contribution in [0.25, 0.3) is 0 Å². The van der Waals surface area contributed by atoms with Gasteiger partial charge in [0.25, 0.3) is 0 Å². The molecule has 0 atom stereocenters. The van der Waals surface area contributed by atoms with Gasteiger partial charge in [-0.25, -0.2) is 4.79 Å². The molecule has 0 unspecified atom stereocenters. The minimum atomic E-state index is -0.574. The van der Waals surface area contributed by atoms with Crippen molar-refractivity contribution < 1.29 is 14.3 Å². The molecule has 0 aliphatic rings. The minimum absolute atomic E-state index is 0.0802. The molecule has 90 valence electrons. The third kappa shape index (κ3) is 3.24. The van der Waals surface area contributed by atoms with Crippen LogP contribution in [0.2, 0.25) is 0 Å². The molecule has 0 saturated carbocycles. The van der Waals surface area contributed by atoms with Crippen LogP contribution in [0.15, 0.2) is 12.3 Å². The number of nitrogens with one attached hydrogen (secondary N) is 1. The molecule has 17 heavy (non-hydrogen) atoms. The Balaban J connectivity index is 2.80. The second-order valence-corrected chi connectivity index (χ2v) is 3.21. The number of methoxy groups -OCH3 is 1. The van der Waals surface area contributed by atoms with Crippen LogP contribution in [-0.4, -0.2) is 30.1 Å². The number of ether oxygens (including phenoxy) is 1. The Morgan fingerprint density at radius 3 is 2.94 bits per heavy atom. The van der Waals surface area contributed by atoms with Gasteiger partial charge >= 0.3 is 5.97 Å². The van der Waals surface area contributed by atoms with Crippen molar-refractivity contribution in [1.82, 2.24) is 9.88 Å². The quantitative estimate of drug-likeness (QED) is 0.540. The molecule has 0 aliphatic heterocycles. The fourth-order valence-corrected chi connectivity index (χ4v) is 1.29. The van der Waals surface area contributed by atoms with E-state index in [1.165, 1.54) is 23.9 Å². The van der Waals surface area contributed by atoms with Crippen molar-refractivity contribution in [3.05, 3.63) is 18.0 Å². The van der Waals surface area contributed by atoms with Crippen LogP contribution in [0.4, 0.5) is 5.69 Å². The van der Waals surface area contributed by atoms with E-state index in [1.807, 2.05) is 0 Å². The summed E-state index contributed by atoms with van der Waals surface area (Å²) in [5.74, 6) is -0.956. The number of nitrogens with two attached hydrogens (primary N) is 1. The zero-order valence-electron chi connectivity index (χ0n) is 9.27. The highest BCUT2D eigenvalue weighted by Gasteiger charge is 2.15. The highest BCUT2D eigenvalue weighted by Crippen LogP contribution is 2.11. The smallest absolute Gasteiger partial charge is 0.354 e. The molecular formula is C10H12N4O3. The topological polar surface area (TPSA) is 110 Å². The predicted molar refractivity (Wildman–Crippen MR) is 58.8 cm³/mol. The summed E-state index contributed by atoms with van der Waals surface area (Å²) in [6, 6.07) is 3.20. The van der Waals surface area contributed by atoms with Crippen molar-refractivity contribution in [3.63, 3.8) is 0 Å². The molecule has 0 spiro atoms. The van der Waals surface area contributed by atoms with Gasteiger partial charge in [-0.2, -0.15) is 5.26 Å². The lowest BCUT2D eigenvalue weighted by Crippen LogP contribution is -2.28. The zero-order chi connectivity index (χ0) is 12.8. The third-order valence-corrected chi connectivity index (χ3v) is 1.99. The van der Waals surface area contributed by atoms with Crippen molar-refractivity contribution in [3.8, 4) is 6.07 Å². The van der Waals surface area contributed by atoms with E-state index in [2.05, 4.69) is 10.1 Å². The first-order valence-corrected chi connectivity index (χ1v) is 4.76. The number of anilines is 1. The van der Waals surface area contributed by atoms with Crippen molar-refractivity contribution >= 4 is 17.6 Å². The first-order chi connectivity index (χ1) is 8.08. The minimum Gasteiger partial charge on any atom is -0.464 e. The summed E-state index contributed by atoms with van der Waals surface area (Å²) >= 11 is 0. The van der Waals surface area contributed by atoms with Crippen molar-refractivity contribution in [1.29, 1.82) is 5.26 Å². The number of rotatable bonds is 4. The lowest BCUT2D eigenvalue weighted by molar-refractivity contribution is -0.121. The van der Waals surface area contributed by atoms with Gasteiger partial charge in [-0.3, -0.25) is 4.79 Å². The SMILES string of the molecule is COC(=O)c1cc(N)cn1CC(=O)NCC#N. The highest BCUT2D eigenvalue weighted by molar-refractivity contribution is 5.89. The van der Waals surface area contributed by atoms with Gasteiger partial charge in [0.1, 0.15) is 18.8 Å². The summed E-state index contributed by atoms with van der Waals surface area (Å²) in [5, 5.41) is 10.7. The highest BCUT2D eigenvalue weighted by atomic mass is 16.5. The molecule has 0 aromatic carbocycles. The number of esters is 1. The Bertz CT molecular complexity index is 472. The Morgan fingerprint density at radius 1 is 1.65 bits per heavy atom. The van der Waals surface area contributed by atoms with Crippen LogP contribution in [0.1, 0.15) is 10.5 Å². The van der Waals surface area contributed by atoms with E-state index in [4.69, 9.17) is 11.0 Å². The zero-order valence-corrected chi connectivity index (χ0v) is 9.27. The van der Waals surface area contributed by atoms with E-state index >= 15 is 0 Å². The molecule has 1 heterocycles. The van der Waals surface area contributed by atoms with Crippen molar-refractivity contribution in [2.45, 2.75) is 6.54 Å². The molecule has 1 rings (SSSR count). The van der Waals surface area contributed by atoms with Crippen LogP contribution in [0.3, 0.4) is 0 Å². The normalized spacial score (nSPS) is 9.41. The molecular weight excluding hydrogens is 224 g/mol. The molecule has 1 aromatic rings. The summed E-state index contributed by atoms with van der Waals surface area (Å²) < 4.78 is 5.92. The number of hydrogen-bond donors (Lipinski definition) is 2. The maximum absolute atomic E-state index is 11.4. The Morgan fingerprint density at radius 2 is 2.35 bits per heavy atom.